The van der Waals surface area contributed by atoms with Gasteiger partial charge < -0.3 is 5.73 Å². The SMILES string of the molecule is Cc1nn(-c2ccc(N)cc2C(F)F)c(C)c1C. The first-order chi connectivity index (χ1) is 8.41. The number of nitrogens with zero attached hydrogens (tertiary/aromatic N) is 2. The largest absolute Gasteiger partial charge is 0.399 e. The number of anilines is 1. The molecule has 1 aromatic carbocycles. The summed E-state index contributed by atoms with van der Waals surface area (Å²) < 4.78 is 27.6. The second-order valence-corrected chi connectivity index (χ2v) is 4.33. The van der Waals surface area contributed by atoms with Crippen LogP contribution in [0.2, 0.25) is 0 Å². The molecule has 2 N–H and O–H groups in total. The molecule has 0 bridgehead atoms. The molecule has 0 atom stereocenters. The average Bonchev–Trinajstić information content (AvgIpc) is 2.57. The molecule has 3 nitrogen and oxygen atoms in total. The van der Waals surface area contributed by atoms with Crippen LogP contribution in [-0.4, -0.2) is 9.78 Å². The number of hydrogen-bond donors (Lipinski definition) is 1. The highest BCUT2D eigenvalue weighted by molar-refractivity contribution is 5.52. The zero-order chi connectivity index (χ0) is 13.4. The number of nitrogens with two attached hydrogens (primary N) is 1. The molecule has 0 unspecified atom stereocenters. The first kappa shape index (κ1) is 12.5. The molecule has 0 aliphatic heterocycles. The van der Waals surface area contributed by atoms with Crippen LogP contribution in [0.3, 0.4) is 0 Å². The van der Waals surface area contributed by atoms with Crippen LogP contribution >= 0.6 is 0 Å². The van der Waals surface area contributed by atoms with Gasteiger partial charge in [-0.05, 0) is 44.5 Å². The summed E-state index contributed by atoms with van der Waals surface area (Å²) in [6, 6.07) is 4.48. The molecule has 18 heavy (non-hydrogen) atoms. The summed E-state index contributed by atoms with van der Waals surface area (Å²) in [7, 11) is 0. The summed E-state index contributed by atoms with van der Waals surface area (Å²) in [6.07, 6.45) is -2.58. The number of halogens is 2. The lowest BCUT2D eigenvalue weighted by Crippen LogP contribution is -2.05. The van der Waals surface area contributed by atoms with E-state index < -0.39 is 6.43 Å². The Labute approximate surface area is 104 Å². The molecule has 0 saturated carbocycles. The highest BCUT2D eigenvalue weighted by Crippen LogP contribution is 2.29. The fourth-order valence-electron chi connectivity index (χ4n) is 1.90. The standard InChI is InChI=1S/C13H15F2N3/c1-7-8(2)17-18(9(7)3)12-5-4-10(16)6-11(12)13(14)15/h4-6,13H,16H2,1-3H3. The van der Waals surface area contributed by atoms with Crippen molar-refractivity contribution in [2.75, 3.05) is 5.73 Å². The van der Waals surface area contributed by atoms with Crippen molar-refractivity contribution < 1.29 is 8.78 Å². The van der Waals surface area contributed by atoms with E-state index in [-0.39, 0.29) is 5.56 Å². The molecule has 0 fully saturated rings. The van der Waals surface area contributed by atoms with Crippen LogP contribution < -0.4 is 5.73 Å². The Kier molecular flexibility index (Phi) is 3.07. The van der Waals surface area contributed by atoms with Gasteiger partial charge in [-0.3, -0.25) is 0 Å². The Balaban J connectivity index is 2.67. The van der Waals surface area contributed by atoms with Gasteiger partial charge in [0.2, 0.25) is 0 Å². The molecule has 1 heterocycles. The number of aromatic nitrogens is 2. The predicted molar refractivity (Wildman–Crippen MR) is 67.1 cm³/mol. The third kappa shape index (κ3) is 1.96. The van der Waals surface area contributed by atoms with E-state index in [4.69, 9.17) is 5.73 Å². The molecule has 1 aromatic heterocycles. The second-order valence-electron chi connectivity index (χ2n) is 4.33. The first-order valence-electron chi connectivity index (χ1n) is 5.62. The van der Waals surface area contributed by atoms with Gasteiger partial charge in [0.05, 0.1) is 11.4 Å². The van der Waals surface area contributed by atoms with Crippen LogP contribution in [0.15, 0.2) is 18.2 Å². The van der Waals surface area contributed by atoms with Crippen molar-refractivity contribution in [3.05, 3.63) is 40.7 Å². The maximum absolute atomic E-state index is 13.0. The van der Waals surface area contributed by atoms with Crippen LogP contribution in [0.1, 0.15) is 28.9 Å². The minimum atomic E-state index is -2.58. The summed E-state index contributed by atoms with van der Waals surface area (Å²) in [5, 5.41) is 4.30. The van der Waals surface area contributed by atoms with E-state index >= 15 is 0 Å². The molecule has 5 heteroatoms. The normalized spacial score (nSPS) is 11.2. The monoisotopic (exact) mass is 251 g/mol. The van der Waals surface area contributed by atoms with E-state index in [1.54, 1.807) is 16.8 Å². The van der Waals surface area contributed by atoms with Crippen LogP contribution in [0.25, 0.3) is 5.69 Å². The fraction of sp³-hybridized carbons (Fsp3) is 0.308. The molecule has 0 saturated heterocycles. The first-order valence-corrected chi connectivity index (χ1v) is 5.62. The van der Waals surface area contributed by atoms with Crippen molar-refractivity contribution in [2.24, 2.45) is 0 Å². The number of alkyl halides is 2. The lowest BCUT2D eigenvalue weighted by molar-refractivity contribution is 0.151. The lowest BCUT2D eigenvalue weighted by atomic mass is 10.1. The van der Waals surface area contributed by atoms with Gasteiger partial charge in [0.25, 0.3) is 6.43 Å². The molecule has 0 aliphatic carbocycles. The van der Waals surface area contributed by atoms with Gasteiger partial charge >= 0.3 is 0 Å². The molecular weight excluding hydrogens is 236 g/mol. The zero-order valence-electron chi connectivity index (χ0n) is 10.5. The van der Waals surface area contributed by atoms with Crippen LogP contribution in [0, 0.1) is 20.8 Å². The zero-order valence-corrected chi connectivity index (χ0v) is 10.5. The lowest BCUT2D eigenvalue weighted by Gasteiger charge is -2.11. The van der Waals surface area contributed by atoms with Crippen molar-refractivity contribution in [3.63, 3.8) is 0 Å². The third-order valence-corrected chi connectivity index (χ3v) is 3.17. The minimum absolute atomic E-state index is 0.0967. The molecule has 0 aliphatic rings. The van der Waals surface area contributed by atoms with Gasteiger partial charge in [-0.2, -0.15) is 5.10 Å². The Bertz CT molecular complexity index is 588. The minimum Gasteiger partial charge on any atom is -0.399 e. The Morgan fingerprint density at radius 3 is 2.39 bits per heavy atom. The van der Waals surface area contributed by atoms with E-state index in [0.29, 0.717) is 11.4 Å². The number of aryl methyl sites for hydroxylation is 1. The van der Waals surface area contributed by atoms with Crippen molar-refractivity contribution in [3.8, 4) is 5.69 Å². The summed E-state index contributed by atoms with van der Waals surface area (Å²) in [5.74, 6) is 0. The molecule has 0 amide bonds. The van der Waals surface area contributed by atoms with E-state index in [9.17, 15) is 8.78 Å². The number of rotatable bonds is 2. The van der Waals surface area contributed by atoms with Crippen LogP contribution in [0.4, 0.5) is 14.5 Å². The summed E-state index contributed by atoms with van der Waals surface area (Å²) in [5.41, 5.74) is 8.87. The average molecular weight is 251 g/mol. The predicted octanol–water partition coefficient (Wildman–Crippen LogP) is 3.32. The number of nitrogen functional groups attached to an aromatic ring is 1. The Morgan fingerprint density at radius 2 is 1.89 bits per heavy atom. The molecule has 96 valence electrons. The molecule has 0 radical (unpaired) electrons. The molecular formula is C13H15F2N3. The smallest absolute Gasteiger partial charge is 0.266 e. The maximum Gasteiger partial charge on any atom is 0.266 e. The highest BCUT2D eigenvalue weighted by atomic mass is 19.3. The highest BCUT2D eigenvalue weighted by Gasteiger charge is 2.18. The number of benzene rings is 1. The fourth-order valence-corrected chi connectivity index (χ4v) is 1.90. The van der Waals surface area contributed by atoms with Crippen molar-refractivity contribution >= 4 is 5.69 Å². The van der Waals surface area contributed by atoms with Crippen molar-refractivity contribution in [1.82, 2.24) is 9.78 Å². The molecule has 0 spiro atoms. The van der Waals surface area contributed by atoms with Gasteiger partial charge in [0, 0.05) is 16.9 Å². The second kappa shape index (κ2) is 4.40. The molecule has 2 aromatic rings. The quantitative estimate of drug-likeness (QED) is 0.832. The summed E-state index contributed by atoms with van der Waals surface area (Å²) >= 11 is 0. The maximum atomic E-state index is 13.0. The van der Waals surface area contributed by atoms with Gasteiger partial charge in [-0.15, -0.1) is 0 Å². The number of hydrogen-bond acceptors (Lipinski definition) is 2. The van der Waals surface area contributed by atoms with Gasteiger partial charge in [-0.1, -0.05) is 0 Å². The third-order valence-electron chi connectivity index (χ3n) is 3.17. The van der Waals surface area contributed by atoms with E-state index in [1.807, 2.05) is 20.8 Å². The van der Waals surface area contributed by atoms with Gasteiger partial charge in [0.15, 0.2) is 0 Å². The van der Waals surface area contributed by atoms with E-state index in [2.05, 4.69) is 5.10 Å². The topological polar surface area (TPSA) is 43.8 Å². The van der Waals surface area contributed by atoms with Gasteiger partial charge in [-0.25, -0.2) is 13.5 Å². The summed E-state index contributed by atoms with van der Waals surface area (Å²) in [6.45, 7) is 5.65. The van der Waals surface area contributed by atoms with E-state index in [0.717, 1.165) is 17.0 Å². The van der Waals surface area contributed by atoms with Crippen molar-refractivity contribution in [1.29, 1.82) is 0 Å². The van der Waals surface area contributed by atoms with Crippen LogP contribution in [-0.2, 0) is 0 Å². The van der Waals surface area contributed by atoms with Gasteiger partial charge in [0.1, 0.15) is 0 Å². The van der Waals surface area contributed by atoms with Crippen LogP contribution in [0.5, 0.6) is 0 Å². The molecule has 2 rings (SSSR count). The van der Waals surface area contributed by atoms with E-state index in [1.165, 1.54) is 6.07 Å². The van der Waals surface area contributed by atoms with Crippen molar-refractivity contribution in [2.45, 2.75) is 27.2 Å². The Morgan fingerprint density at radius 1 is 1.22 bits per heavy atom. The Hall–Kier alpha value is -1.91. The summed E-state index contributed by atoms with van der Waals surface area (Å²) in [4.78, 5) is 0.